The van der Waals surface area contributed by atoms with Crippen LogP contribution in [0, 0.1) is 0 Å². The summed E-state index contributed by atoms with van der Waals surface area (Å²) in [6.45, 7) is 0. The van der Waals surface area contributed by atoms with Crippen LogP contribution in [0.15, 0.2) is 154 Å². The summed E-state index contributed by atoms with van der Waals surface area (Å²) >= 11 is 0. The molecule has 8 aromatic rings. The summed E-state index contributed by atoms with van der Waals surface area (Å²) in [6.07, 6.45) is 0. The van der Waals surface area contributed by atoms with Crippen molar-refractivity contribution >= 4 is 32.7 Å². The zero-order chi connectivity index (χ0) is 26.5. The van der Waals surface area contributed by atoms with Crippen LogP contribution >= 0.6 is 0 Å². The topological polar surface area (TPSA) is 26.3 Å². The Kier molecular flexibility index (Phi) is 5.17. The number of furan rings is 2. The van der Waals surface area contributed by atoms with Crippen molar-refractivity contribution < 1.29 is 8.83 Å². The lowest BCUT2D eigenvalue weighted by molar-refractivity contribution is 0.602. The molecule has 0 N–H and O–H groups in total. The van der Waals surface area contributed by atoms with Crippen molar-refractivity contribution in [2.75, 3.05) is 0 Å². The normalized spacial score (nSPS) is 11.5. The second kappa shape index (κ2) is 9.14. The van der Waals surface area contributed by atoms with Gasteiger partial charge >= 0.3 is 0 Å². The molecule has 188 valence electrons. The van der Waals surface area contributed by atoms with Crippen LogP contribution in [0.3, 0.4) is 0 Å². The molecule has 0 aliphatic rings. The molecule has 0 unspecified atom stereocenters. The quantitative estimate of drug-likeness (QED) is 0.234. The van der Waals surface area contributed by atoms with Crippen LogP contribution in [0.4, 0.5) is 0 Å². The van der Waals surface area contributed by atoms with E-state index in [0.29, 0.717) is 0 Å². The van der Waals surface area contributed by atoms with Crippen LogP contribution in [-0.4, -0.2) is 0 Å². The molecule has 0 aliphatic heterocycles. The molecule has 2 nitrogen and oxygen atoms in total. The average Bonchev–Trinajstić information content (AvgIpc) is 3.60. The fraction of sp³-hybridized carbons (Fsp3) is 0. The summed E-state index contributed by atoms with van der Waals surface area (Å²) in [7, 11) is 0. The van der Waals surface area contributed by atoms with Gasteiger partial charge in [-0.1, -0.05) is 121 Å². The molecule has 0 spiro atoms. The Morgan fingerprint density at radius 1 is 0.300 bits per heavy atom. The maximum absolute atomic E-state index is 6.90. The second-order valence-electron chi connectivity index (χ2n) is 10.1. The van der Waals surface area contributed by atoms with Crippen molar-refractivity contribution in [3.63, 3.8) is 0 Å². The first-order valence-corrected chi connectivity index (χ1v) is 13.5. The molecular formula is C38H24O2. The van der Waals surface area contributed by atoms with Crippen LogP contribution in [0.2, 0.25) is 0 Å². The van der Waals surface area contributed by atoms with E-state index in [1.807, 2.05) is 24.3 Å². The van der Waals surface area contributed by atoms with Crippen LogP contribution in [0.5, 0.6) is 0 Å². The molecule has 0 saturated heterocycles. The monoisotopic (exact) mass is 512 g/mol. The van der Waals surface area contributed by atoms with Crippen molar-refractivity contribution in [1.82, 2.24) is 0 Å². The molecular weight excluding hydrogens is 488 g/mol. The van der Waals surface area contributed by atoms with Crippen LogP contribution < -0.4 is 0 Å². The molecule has 2 aromatic heterocycles. The van der Waals surface area contributed by atoms with Gasteiger partial charge in [-0.2, -0.15) is 0 Å². The summed E-state index contributed by atoms with van der Waals surface area (Å²) < 4.78 is 13.2. The Bertz CT molecular complexity index is 2150. The fourth-order valence-corrected chi connectivity index (χ4v) is 5.79. The molecule has 6 aromatic carbocycles. The van der Waals surface area contributed by atoms with E-state index in [1.165, 1.54) is 5.56 Å². The van der Waals surface area contributed by atoms with Crippen LogP contribution in [-0.2, 0) is 0 Å². The minimum atomic E-state index is 0.863. The molecule has 40 heavy (non-hydrogen) atoms. The van der Waals surface area contributed by atoms with E-state index in [1.54, 1.807) is 0 Å². The Hall–Kier alpha value is -5.34. The standard InChI is InChI=1S/C38H24O2/c1-3-12-25(13-4-1)27-16-11-17-28(22-27)37-30-19-7-8-20-31(30)38(40-37)34-23-33-29-18-9-10-21-35(29)39-36(33)24-32(34)26-14-5-2-6-15-26/h1-24H. The van der Waals surface area contributed by atoms with Crippen LogP contribution in [0.25, 0.3) is 77.6 Å². The third kappa shape index (κ3) is 3.65. The molecule has 2 heterocycles. The van der Waals surface area contributed by atoms with Crippen molar-refractivity contribution in [3.8, 4) is 44.9 Å². The molecule has 0 radical (unpaired) electrons. The highest BCUT2D eigenvalue weighted by atomic mass is 16.3. The number of rotatable bonds is 4. The Morgan fingerprint density at radius 2 is 0.900 bits per heavy atom. The van der Waals surface area contributed by atoms with Gasteiger partial charge in [-0.25, -0.2) is 0 Å². The molecule has 8 rings (SSSR count). The average molecular weight is 513 g/mol. The largest absolute Gasteiger partial charge is 0.456 e. The van der Waals surface area contributed by atoms with E-state index in [9.17, 15) is 0 Å². The fourth-order valence-electron chi connectivity index (χ4n) is 5.79. The van der Waals surface area contributed by atoms with E-state index < -0.39 is 0 Å². The van der Waals surface area contributed by atoms with Gasteiger partial charge in [-0.05, 0) is 46.5 Å². The molecule has 0 amide bonds. The third-order valence-electron chi connectivity index (χ3n) is 7.70. The zero-order valence-electron chi connectivity index (χ0n) is 21.7. The summed E-state index contributed by atoms with van der Waals surface area (Å²) in [5.41, 5.74) is 8.41. The molecule has 0 atom stereocenters. The van der Waals surface area contributed by atoms with E-state index in [0.717, 1.165) is 72.0 Å². The molecule has 0 fully saturated rings. The molecule has 2 heteroatoms. The smallest absolute Gasteiger partial charge is 0.143 e. The Morgan fingerprint density at radius 3 is 1.68 bits per heavy atom. The van der Waals surface area contributed by atoms with Gasteiger partial charge in [0, 0.05) is 32.7 Å². The maximum Gasteiger partial charge on any atom is 0.143 e. The van der Waals surface area contributed by atoms with E-state index in [4.69, 9.17) is 8.83 Å². The van der Waals surface area contributed by atoms with Gasteiger partial charge in [-0.15, -0.1) is 0 Å². The highest BCUT2D eigenvalue weighted by Crippen LogP contribution is 2.45. The number of hydrogen-bond acceptors (Lipinski definition) is 2. The van der Waals surface area contributed by atoms with Crippen LogP contribution in [0.1, 0.15) is 0 Å². The summed E-state index contributed by atoms with van der Waals surface area (Å²) in [6, 6.07) is 50.6. The van der Waals surface area contributed by atoms with E-state index in [2.05, 4.69) is 121 Å². The molecule has 0 aliphatic carbocycles. The Labute approximate surface area is 231 Å². The maximum atomic E-state index is 6.90. The second-order valence-corrected chi connectivity index (χ2v) is 10.1. The highest BCUT2D eigenvalue weighted by Gasteiger charge is 2.21. The SMILES string of the molecule is c1ccc(-c2cccc(-c3oc(-c4cc5c(cc4-c4ccccc4)oc4ccccc45)c4ccccc34)c2)cc1. The first-order chi connectivity index (χ1) is 19.8. The van der Waals surface area contributed by atoms with Gasteiger partial charge in [0.2, 0.25) is 0 Å². The van der Waals surface area contributed by atoms with Gasteiger partial charge in [-0.3, -0.25) is 0 Å². The van der Waals surface area contributed by atoms with Gasteiger partial charge in [0.25, 0.3) is 0 Å². The lowest BCUT2D eigenvalue weighted by Crippen LogP contribution is -1.85. The summed E-state index contributed by atoms with van der Waals surface area (Å²) in [5, 5.41) is 4.37. The third-order valence-corrected chi connectivity index (χ3v) is 7.70. The van der Waals surface area contributed by atoms with Crippen molar-refractivity contribution in [3.05, 3.63) is 146 Å². The van der Waals surface area contributed by atoms with E-state index in [-0.39, 0.29) is 0 Å². The predicted octanol–water partition coefficient (Wildman–Crippen LogP) is 11.0. The van der Waals surface area contributed by atoms with Gasteiger partial charge in [0.1, 0.15) is 22.7 Å². The summed E-state index contributed by atoms with van der Waals surface area (Å²) in [4.78, 5) is 0. The highest BCUT2D eigenvalue weighted by molar-refractivity contribution is 6.11. The number of hydrogen-bond donors (Lipinski definition) is 0. The van der Waals surface area contributed by atoms with Gasteiger partial charge < -0.3 is 8.83 Å². The first-order valence-electron chi connectivity index (χ1n) is 13.5. The summed E-state index contributed by atoms with van der Waals surface area (Å²) in [5.74, 6) is 1.74. The van der Waals surface area contributed by atoms with Gasteiger partial charge in [0.05, 0.1) is 0 Å². The number of para-hydroxylation sites is 1. The number of benzene rings is 6. The van der Waals surface area contributed by atoms with Crippen molar-refractivity contribution in [2.45, 2.75) is 0 Å². The molecule has 0 bridgehead atoms. The minimum Gasteiger partial charge on any atom is -0.456 e. The predicted molar refractivity (Wildman–Crippen MR) is 165 cm³/mol. The molecule has 0 saturated carbocycles. The lowest BCUT2D eigenvalue weighted by Gasteiger charge is -2.09. The first kappa shape index (κ1) is 22.6. The van der Waals surface area contributed by atoms with Crippen molar-refractivity contribution in [1.29, 1.82) is 0 Å². The minimum absolute atomic E-state index is 0.863. The lowest BCUT2D eigenvalue weighted by atomic mass is 9.94. The van der Waals surface area contributed by atoms with Gasteiger partial charge in [0.15, 0.2) is 0 Å². The van der Waals surface area contributed by atoms with E-state index >= 15 is 0 Å². The number of fused-ring (bicyclic) bond motifs is 4. The van der Waals surface area contributed by atoms with Crippen molar-refractivity contribution in [2.24, 2.45) is 0 Å². The zero-order valence-corrected chi connectivity index (χ0v) is 21.7. The Balaban J connectivity index is 1.40.